The van der Waals surface area contributed by atoms with Crippen LogP contribution in [0.25, 0.3) is 0 Å². The van der Waals surface area contributed by atoms with Gasteiger partial charge in [-0.2, -0.15) is 0 Å². The van der Waals surface area contributed by atoms with Crippen molar-refractivity contribution in [3.63, 3.8) is 0 Å². The third-order valence-corrected chi connectivity index (χ3v) is 4.03. The van der Waals surface area contributed by atoms with E-state index in [-0.39, 0.29) is 0 Å². The molecule has 1 fully saturated rings. The van der Waals surface area contributed by atoms with E-state index < -0.39 is 0 Å². The summed E-state index contributed by atoms with van der Waals surface area (Å²) >= 11 is 0. The lowest BCUT2D eigenvalue weighted by Crippen LogP contribution is -2.35. The first-order valence-corrected chi connectivity index (χ1v) is 7.05. The number of benzene rings is 1. The predicted octanol–water partition coefficient (Wildman–Crippen LogP) is 2.02. The Morgan fingerprint density at radius 3 is 2.94 bits per heavy atom. The van der Waals surface area contributed by atoms with Crippen LogP contribution < -0.4 is 10.2 Å². The summed E-state index contributed by atoms with van der Waals surface area (Å²) in [6, 6.07) is 8.80. The second-order valence-electron chi connectivity index (χ2n) is 5.31. The molecule has 1 saturated heterocycles. The smallest absolute Gasteiger partial charge is 0.0469 e. The standard InChI is InChI=1S/C15H22N2O/c1-2-4-15-14(3-1)11-16-7-8-17(15)12-13-5-9-18-10-6-13/h1-4,13,16H,5-12H2. The van der Waals surface area contributed by atoms with Gasteiger partial charge in [0.2, 0.25) is 0 Å². The maximum absolute atomic E-state index is 5.45. The first-order chi connectivity index (χ1) is 8.93. The molecule has 3 nitrogen and oxygen atoms in total. The molecule has 2 aliphatic heterocycles. The molecule has 0 unspecified atom stereocenters. The van der Waals surface area contributed by atoms with Crippen LogP contribution in [0.3, 0.4) is 0 Å². The molecule has 0 spiro atoms. The van der Waals surface area contributed by atoms with Crippen molar-refractivity contribution in [1.82, 2.24) is 5.32 Å². The summed E-state index contributed by atoms with van der Waals surface area (Å²) in [5, 5.41) is 3.50. The van der Waals surface area contributed by atoms with E-state index >= 15 is 0 Å². The van der Waals surface area contributed by atoms with Crippen molar-refractivity contribution in [3.8, 4) is 0 Å². The van der Waals surface area contributed by atoms with Crippen LogP contribution in [0.15, 0.2) is 24.3 Å². The molecule has 3 heteroatoms. The van der Waals surface area contributed by atoms with E-state index in [1.807, 2.05) is 0 Å². The largest absolute Gasteiger partial charge is 0.381 e. The summed E-state index contributed by atoms with van der Waals surface area (Å²) in [4.78, 5) is 2.56. The molecule has 3 rings (SSSR count). The van der Waals surface area contributed by atoms with E-state index in [0.29, 0.717) is 0 Å². The molecule has 98 valence electrons. The van der Waals surface area contributed by atoms with Crippen molar-refractivity contribution in [2.45, 2.75) is 19.4 Å². The fourth-order valence-corrected chi connectivity index (χ4v) is 2.96. The molecule has 18 heavy (non-hydrogen) atoms. The van der Waals surface area contributed by atoms with Gasteiger partial charge in [0.05, 0.1) is 0 Å². The monoisotopic (exact) mass is 246 g/mol. The van der Waals surface area contributed by atoms with E-state index in [1.54, 1.807) is 0 Å². The molecule has 0 aliphatic carbocycles. The molecule has 2 heterocycles. The van der Waals surface area contributed by atoms with Gasteiger partial charge in [0.25, 0.3) is 0 Å². The highest BCUT2D eigenvalue weighted by Gasteiger charge is 2.20. The zero-order chi connectivity index (χ0) is 12.2. The minimum atomic E-state index is 0.796. The zero-order valence-electron chi connectivity index (χ0n) is 10.9. The third-order valence-electron chi connectivity index (χ3n) is 4.03. The molecule has 1 N–H and O–H groups in total. The second kappa shape index (κ2) is 5.72. The molecule has 1 aromatic rings. The first kappa shape index (κ1) is 12.0. The number of anilines is 1. The van der Waals surface area contributed by atoms with E-state index in [4.69, 9.17) is 4.74 Å². The van der Waals surface area contributed by atoms with Gasteiger partial charge in [-0.25, -0.2) is 0 Å². The van der Waals surface area contributed by atoms with E-state index in [9.17, 15) is 0 Å². The molecule has 0 amide bonds. The topological polar surface area (TPSA) is 24.5 Å². The van der Waals surface area contributed by atoms with Crippen LogP contribution in [-0.4, -0.2) is 32.8 Å². The fraction of sp³-hybridized carbons (Fsp3) is 0.600. The lowest BCUT2D eigenvalue weighted by molar-refractivity contribution is 0.0682. The van der Waals surface area contributed by atoms with E-state index in [1.165, 1.54) is 30.6 Å². The molecule has 0 aromatic heterocycles. The van der Waals surface area contributed by atoms with Crippen LogP contribution >= 0.6 is 0 Å². The lowest BCUT2D eigenvalue weighted by atomic mass is 9.99. The third kappa shape index (κ3) is 2.68. The fourth-order valence-electron chi connectivity index (χ4n) is 2.96. The summed E-state index contributed by atoms with van der Waals surface area (Å²) < 4.78 is 5.45. The number of para-hydroxylation sites is 1. The maximum atomic E-state index is 5.45. The Hall–Kier alpha value is -1.06. The van der Waals surface area contributed by atoms with Gasteiger partial charge in [-0.15, -0.1) is 0 Å². The van der Waals surface area contributed by atoms with Crippen LogP contribution in [0, 0.1) is 5.92 Å². The van der Waals surface area contributed by atoms with Crippen LogP contribution in [0.1, 0.15) is 18.4 Å². The molecular weight excluding hydrogens is 224 g/mol. The molecule has 2 aliphatic rings. The summed E-state index contributed by atoms with van der Waals surface area (Å²) in [5.74, 6) is 0.796. The average molecular weight is 246 g/mol. The molecule has 0 saturated carbocycles. The molecule has 0 atom stereocenters. The highest BCUT2D eigenvalue weighted by molar-refractivity contribution is 5.54. The van der Waals surface area contributed by atoms with Crippen LogP contribution in [-0.2, 0) is 11.3 Å². The van der Waals surface area contributed by atoms with Crippen molar-refractivity contribution in [3.05, 3.63) is 29.8 Å². The normalized spacial score (nSPS) is 21.4. The number of nitrogens with zero attached hydrogens (tertiary/aromatic N) is 1. The molecular formula is C15H22N2O. The molecule has 1 aromatic carbocycles. The van der Waals surface area contributed by atoms with Crippen molar-refractivity contribution in [2.24, 2.45) is 5.92 Å². The van der Waals surface area contributed by atoms with Gasteiger partial charge in [0, 0.05) is 45.1 Å². The number of rotatable bonds is 2. The maximum Gasteiger partial charge on any atom is 0.0469 e. The number of hydrogen-bond donors (Lipinski definition) is 1. The van der Waals surface area contributed by atoms with E-state index in [2.05, 4.69) is 34.5 Å². The second-order valence-corrected chi connectivity index (χ2v) is 5.31. The highest BCUT2D eigenvalue weighted by Crippen LogP contribution is 2.25. The summed E-state index contributed by atoms with van der Waals surface area (Å²) in [6.07, 6.45) is 2.43. The van der Waals surface area contributed by atoms with Gasteiger partial charge in [0.1, 0.15) is 0 Å². The Morgan fingerprint density at radius 1 is 1.22 bits per heavy atom. The zero-order valence-corrected chi connectivity index (χ0v) is 10.9. The SMILES string of the molecule is c1ccc2c(c1)CNCCN2CC1CCOCC1. The van der Waals surface area contributed by atoms with Crippen molar-refractivity contribution >= 4 is 5.69 Å². The van der Waals surface area contributed by atoms with Gasteiger partial charge < -0.3 is 15.0 Å². The van der Waals surface area contributed by atoms with Crippen molar-refractivity contribution < 1.29 is 4.74 Å². The van der Waals surface area contributed by atoms with Crippen LogP contribution in [0.5, 0.6) is 0 Å². The quantitative estimate of drug-likeness (QED) is 0.864. The van der Waals surface area contributed by atoms with Crippen LogP contribution in [0.2, 0.25) is 0 Å². The Morgan fingerprint density at radius 2 is 2.06 bits per heavy atom. The molecule has 0 radical (unpaired) electrons. The Labute approximate surface area is 109 Å². The lowest BCUT2D eigenvalue weighted by Gasteiger charge is -2.31. The van der Waals surface area contributed by atoms with Crippen LogP contribution in [0.4, 0.5) is 5.69 Å². The van der Waals surface area contributed by atoms with Gasteiger partial charge in [0.15, 0.2) is 0 Å². The number of hydrogen-bond acceptors (Lipinski definition) is 3. The molecule has 0 bridgehead atoms. The summed E-state index contributed by atoms with van der Waals surface area (Å²) in [6.45, 7) is 6.27. The van der Waals surface area contributed by atoms with E-state index in [0.717, 1.165) is 38.8 Å². The Bertz CT molecular complexity index is 388. The van der Waals surface area contributed by atoms with Gasteiger partial charge >= 0.3 is 0 Å². The average Bonchev–Trinajstić information content (AvgIpc) is 2.63. The number of fused-ring (bicyclic) bond motifs is 1. The summed E-state index contributed by atoms with van der Waals surface area (Å²) in [5.41, 5.74) is 2.86. The van der Waals surface area contributed by atoms with Gasteiger partial charge in [-0.3, -0.25) is 0 Å². The number of nitrogens with one attached hydrogen (secondary N) is 1. The number of ether oxygens (including phenoxy) is 1. The van der Waals surface area contributed by atoms with Crippen molar-refractivity contribution in [1.29, 1.82) is 0 Å². The van der Waals surface area contributed by atoms with Crippen molar-refractivity contribution in [2.75, 3.05) is 37.7 Å². The highest BCUT2D eigenvalue weighted by atomic mass is 16.5. The van der Waals surface area contributed by atoms with Gasteiger partial charge in [-0.1, -0.05) is 18.2 Å². The first-order valence-electron chi connectivity index (χ1n) is 7.05. The Kier molecular flexibility index (Phi) is 3.81. The minimum Gasteiger partial charge on any atom is -0.381 e. The minimum absolute atomic E-state index is 0.796. The summed E-state index contributed by atoms with van der Waals surface area (Å²) in [7, 11) is 0. The van der Waals surface area contributed by atoms with Gasteiger partial charge in [-0.05, 0) is 30.4 Å². The Balaban J connectivity index is 1.74. The predicted molar refractivity (Wildman–Crippen MR) is 73.9 cm³/mol.